The summed E-state index contributed by atoms with van der Waals surface area (Å²) < 4.78 is 96.3. The van der Waals surface area contributed by atoms with Gasteiger partial charge in [0.2, 0.25) is 0 Å². The van der Waals surface area contributed by atoms with Crippen LogP contribution in [0.5, 0.6) is 5.75 Å². The van der Waals surface area contributed by atoms with Gasteiger partial charge >= 0.3 is 18.0 Å². The van der Waals surface area contributed by atoms with Crippen molar-refractivity contribution in [3.05, 3.63) is 18.0 Å². The topological polar surface area (TPSA) is 48.1 Å². The maximum atomic E-state index is 14.2. The molecule has 0 aromatic carbocycles. The first kappa shape index (κ1) is 19.3. The average Bonchev–Trinajstić information content (AvgIpc) is 2.41. The van der Waals surface area contributed by atoms with Crippen molar-refractivity contribution in [2.45, 2.75) is 50.8 Å². The second kappa shape index (κ2) is 6.40. The molecule has 23 heavy (non-hydrogen) atoms. The summed E-state index contributed by atoms with van der Waals surface area (Å²) in [6.07, 6.45) is -12.1. The van der Waals surface area contributed by atoms with Gasteiger partial charge in [0.1, 0.15) is 11.4 Å². The van der Waals surface area contributed by atoms with Crippen LogP contribution in [0.3, 0.4) is 0 Å². The van der Waals surface area contributed by atoms with Gasteiger partial charge in [-0.1, -0.05) is 13.8 Å². The summed E-state index contributed by atoms with van der Waals surface area (Å²) >= 11 is 0. The van der Waals surface area contributed by atoms with Crippen molar-refractivity contribution in [1.82, 2.24) is 4.98 Å². The molecular formula is C13H15F7N2O. The Kier molecular flexibility index (Phi) is 5.37. The number of rotatable bonds is 5. The van der Waals surface area contributed by atoms with Crippen molar-refractivity contribution in [2.24, 2.45) is 0 Å². The Morgan fingerprint density at radius 1 is 1.04 bits per heavy atom. The van der Waals surface area contributed by atoms with Crippen LogP contribution in [0.1, 0.15) is 32.4 Å². The first-order valence-corrected chi connectivity index (χ1v) is 6.63. The maximum absolute atomic E-state index is 14.2. The van der Waals surface area contributed by atoms with E-state index in [0.717, 1.165) is 0 Å². The highest BCUT2D eigenvalue weighted by atomic mass is 19.4. The zero-order chi connectivity index (χ0) is 18.1. The van der Waals surface area contributed by atoms with Gasteiger partial charge in [-0.25, -0.2) is 4.39 Å². The molecule has 0 saturated carbocycles. The summed E-state index contributed by atoms with van der Waals surface area (Å²) in [5, 5.41) is 0. The quantitative estimate of drug-likeness (QED) is 0.796. The van der Waals surface area contributed by atoms with E-state index in [9.17, 15) is 30.7 Å². The van der Waals surface area contributed by atoms with Crippen molar-refractivity contribution < 1.29 is 35.5 Å². The van der Waals surface area contributed by atoms with Gasteiger partial charge in [-0.3, -0.25) is 4.98 Å². The number of hydrogen-bond donors (Lipinski definition) is 1. The van der Waals surface area contributed by atoms with Crippen LogP contribution >= 0.6 is 0 Å². The summed E-state index contributed by atoms with van der Waals surface area (Å²) in [5.41, 5.74) is -2.49. The molecule has 3 nitrogen and oxygen atoms in total. The highest BCUT2D eigenvalue weighted by molar-refractivity contribution is 5.47. The molecule has 0 unspecified atom stereocenters. The second-order valence-electron chi connectivity index (χ2n) is 4.83. The highest BCUT2D eigenvalue weighted by Crippen LogP contribution is 2.54. The third-order valence-electron chi connectivity index (χ3n) is 3.19. The van der Waals surface area contributed by atoms with Crippen LogP contribution < -0.4 is 10.5 Å². The van der Waals surface area contributed by atoms with Crippen LogP contribution in [0.15, 0.2) is 12.3 Å². The molecule has 1 rings (SSSR count). The van der Waals surface area contributed by atoms with E-state index in [1.165, 1.54) is 0 Å². The van der Waals surface area contributed by atoms with Crippen LogP contribution in [0.4, 0.5) is 36.4 Å². The second-order valence-corrected chi connectivity index (χ2v) is 4.83. The molecule has 10 heteroatoms. The van der Waals surface area contributed by atoms with E-state index in [2.05, 4.69) is 4.98 Å². The first-order valence-electron chi connectivity index (χ1n) is 6.63. The molecule has 0 aliphatic carbocycles. The molecule has 0 radical (unpaired) electrons. The molecule has 1 aromatic rings. The molecule has 0 bridgehead atoms. The molecule has 0 spiro atoms. The first-order chi connectivity index (χ1) is 10.4. The monoisotopic (exact) mass is 348 g/mol. The number of anilines is 1. The number of nitrogens with zero attached hydrogens (tertiary/aromatic N) is 1. The van der Waals surface area contributed by atoms with E-state index in [0.29, 0.717) is 25.1 Å². The molecule has 0 atom stereocenters. The summed E-state index contributed by atoms with van der Waals surface area (Å²) in [7, 11) is 0. The standard InChI is InChI=1S/C13H15F7N2O/c1-3-8(4-2)23-9-5-7(21)6-22-10(9)11(14,12(15,16)17)13(18,19)20/h5-6,8H,3-4,21H2,1-2H3. The summed E-state index contributed by atoms with van der Waals surface area (Å²) in [5.74, 6) is -0.976. The highest BCUT2D eigenvalue weighted by Gasteiger charge is 2.75. The zero-order valence-corrected chi connectivity index (χ0v) is 12.2. The fourth-order valence-corrected chi connectivity index (χ4v) is 1.87. The van der Waals surface area contributed by atoms with Crippen molar-refractivity contribution in [2.75, 3.05) is 5.73 Å². The SMILES string of the molecule is CCC(CC)Oc1cc(N)cnc1C(F)(C(F)(F)F)C(F)(F)F. The molecule has 0 amide bonds. The van der Waals surface area contributed by atoms with Crippen LogP contribution in [-0.4, -0.2) is 23.4 Å². The normalized spacial score (nSPS) is 13.5. The third-order valence-corrected chi connectivity index (χ3v) is 3.19. The number of hydrogen-bond acceptors (Lipinski definition) is 3. The average molecular weight is 348 g/mol. The number of nitrogen functional groups attached to an aromatic ring is 1. The van der Waals surface area contributed by atoms with E-state index in [4.69, 9.17) is 10.5 Å². The molecule has 0 saturated heterocycles. The van der Waals surface area contributed by atoms with Gasteiger partial charge in [-0.05, 0) is 12.8 Å². The van der Waals surface area contributed by atoms with Crippen molar-refractivity contribution in [3.8, 4) is 5.75 Å². The van der Waals surface area contributed by atoms with Crippen molar-refractivity contribution in [1.29, 1.82) is 0 Å². The lowest BCUT2D eigenvalue weighted by atomic mass is 9.98. The number of pyridine rings is 1. The van der Waals surface area contributed by atoms with Gasteiger partial charge in [0.25, 0.3) is 0 Å². The molecule has 0 fully saturated rings. The maximum Gasteiger partial charge on any atom is 0.437 e. The Morgan fingerprint density at radius 2 is 1.52 bits per heavy atom. The Hall–Kier alpha value is -1.74. The van der Waals surface area contributed by atoms with Crippen molar-refractivity contribution in [3.63, 3.8) is 0 Å². The fourth-order valence-electron chi connectivity index (χ4n) is 1.87. The van der Waals surface area contributed by atoms with Gasteiger partial charge in [0.15, 0.2) is 0 Å². The summed E-state index contributed by atoms with van der Waals surface area (Å²) in [4.78, 5) is 2.94. The number of nitrogens with two attached hydrogens (primary N) is 1. The lowest BCUT2D eigenvalue weighted by Crippen LogP contribution is -2.51. The summed E-state index contributed by atoms with van der Waals surface area (Å²) in [6, 6.07) is 0.701. The van der Waals surface area contributed by atoms with Gasteiger partial charge in [-0.15, -0.1) is 0 Å². The summed E-state index contributed by atoms with van der Waals surface area (Å²) in [6.45, 7) is 3.23. The Morgan fingerprint density at radius 3 is 1.91 bits per heavy atom. The minimum Gasteiger partial charge on any atom is -0.488 e. The predicted octanol–water partition coefficient (Wildman–Crippen LogP) is 4.52. The molecule has 0 aliphatic rings. The van der Waals surface area contributed by atoms with E-state index in [1.807, 2.05) is 0 Å². The van der Waals surface area contributed by atoms with Crippen molar-refractivity contribution >= 4 is 5.69 Å². The molecule has 1 heterocycles. The minimum atomic E-state index is -6.26. The lowest BCUT2D eigenvalue weighted by molar-refractivity contribution is -0.350. The number of halogens is 7. The smallest absolute Gasteiger partial charge is 0.437 e. The van der Waals surface area contributed by atoms with Crippen LogP contribution in [-0.2, 0) is 5.67 Å². The van der Waals surface area contributed by atoms with Gasteiger partial charge in [-0.2, -0.15) is 26.3 Å². The minimum absolute atomic E-state index is 0.249. The van der Waals surface area contributed by atoms with Crippen LogP contribution in [0, 0.1) is 0 Å². The van der Waals surface area contributed by atoms with Gasteiger partial charge < -0.3 is 10.5 Å². The Bertz CT molecular complexity index is 524. The van der Waals surface area contributed by atoms with E-state index >= 15 is 0 Å². The Labute approximate surface area is 127 Å². The van der Waals surface area contributed by atoms with Gasteiger partial charge in [0, 0.05) is 6.07 Å². The number of alkyl halides is 7. The van der Waals surface area contributed by atoms with E-state index in [1.54, 1.807) is 13.8 Å². The Balaban J connectivity index is 3.56. The van der Waals surface area contributed by atoms with E-state index < -0.39 is 35.6 Å². The van der Waals surface area contributed by atoms with E-state index in [-0.39, 0.29) is 5.69 Å². The zero-order valence-electron chi connectivity index (χ0n) is 12.2. The number of aromatic nitrogens is 1. The molecule has 0 aliphatic heterocycles. The number of ether oxygens (including phenoxy) is 1. The van der Waals surface area contributed by atoms with Gasteiger partial charge in [0.05, 0.1) is 18.0 Å². The molecular weight excluding hydrogens is 333 g/mol. The largest absolute Gasteiger partial charge is 0.488 e. The van der Waals surface area contributed by atoms with Crippen LogP contribution in [0.25, 0.3) is 0 Å². The van der Waals surface area contributed by atoms with Crippen LogP contribution in [0.2, 0.25) is 0 Å². The molecule has 2 N–H and O–H groups in total. The molecule has 1 aromatic heterocycles. The lowest BCUT2D eigenvalue weighted by Gasteiger charge is -2.31. The molecule has 132 valence electrons. The third kappa shape index (κ3) is 3.61. The fraction of sp³-hybridized carbons (Fsp3) is 0.615. The predicted molar refractivity (Wildman–Crippen MR) is 68.5 cm³/mol.